The molecule has 3 saturated heterocycles. The van der Waals surface area contributed by atoms with Crippen molar-refractivity contribution in [1.82, 2.24) is 30.3 Å². The molecule has 3 unspecified atom stereocenters. The lowest BCUT2D eigenvalue weighted by molar-refractivity contribution is 0.0951. The van der Waals surface area contributed by atoms with E-state index in [9.17, 15) is 9.59 Å². The fourth-order valence-corrected chi connectivity index (χ4v) is 7.08. The quantitative estimate of drug-likeness (QED) is 0.400. The molecule has 1 aromatic carbocycles. The molecule has 4 aromatic rings. The Bertz CT molecular complexity index is 1510. The van der Waals surface area contributed by atoms with Crippen LogP contribution in [0.3, 0.4) is 0 Å². The molecule has 7 rings (SSSR count). The molecule has 9 nitrogen and oxygen atoms in total. The van der Waals surface area contributed by atoms with Crippen LogP contribution in [0.1, 0.15) is 23.2 Å². The van der Waals surface area contributed by atoms with Crippen LogP contribution in [-0.2, 0) is 0 Å². The van der Waals surface area contributed by atoms with Gasteiger partial charge in [-0.1, -0.05) is 12.1 Å². The highest BCUT2D eigenvalue weighted by Crippen LogP contribution is 2.32. The molecule has 0 bridgehead atoms. The Morgan fingerprint density at radius 2 is 2.03 bits per heavy atom. The number of carbonyl (C=O) groups is 1. The number of thiazole rings is 1. The van der Waals surface area contributed by atoms with Crippen molar-refractivity contribution in [3.05, 3.63) is 46.2 Å². The SMILES string of the molecule is O=C(NCC1CCCN1)c1c(=O)c2cnc(N3CC4CNCC4C3)nc2n2c1sc1ccccc12. The van der Waals surface area contributed by atoms with Crippen molar-refractivity contribution in [3.63, 3.8) is 0 Å². The molecule has 0 radical (unpaired) electrons. The molecule has 6 heterocycles. The van der Waals surface area contributed by atoms with Crippen molar-refractivity contribution in [2.45, 2.75) is 18.9 Å². The van der Waals surface area contributed by atoms with E-state index < -0.39 is 0 Å². The average Bonchev–Trinajstić information content (AvgIpc) is 3.66. The Kier molecular flexibility index (Phi) is 5.00. The topological polar surface area (TPSA) is 104 Å². The molecule has 180 valence electrons. The molecule has 1 amide bonds. The predicted octanol–water partition coefficient (Wildman–Crippen LogP) is 1.59. The van der Waals surface area contributed by atoms with Gasteiger partial charge in [0.2, 0.25) is 11.4 Å². The Morgan fingerprint density at radius 1 is 1.20 bits per heavy atom. The van der Waals surface area contributed by atoms with Crippen molar-refractivity contribution >= 4 is 49.3 Å². The van der Waals surface area contributed by atoms with Crippen molar-refractivity contribution in [2.75, 3.05) is 44.2 Å². The lowest BCUT2D eigenvalue weighted by Crippen LogP contribution is -2.39. The van der Waals surface area contributed by atoms with Gasteiger partial charge >= 0.3 is 0 Å². The van der Waals surface area contributed by atoms with Crippen LogP contribution in [0.15, 0.2) is 35.3 Å². The maximum Gasteiger partial charge on any atom is 0.258 e. The van der Waals surface area contributed by atoms with Gasteiger partial charge in [-0.05, 0) is 43.4 Å². The van der Waals surface area contributed by atoms with Crippen LogP contribution in [0.25, 0.3) is 26.1 Å². The fraction of sp³-hybridized carbons (Fsp3) is 0.440. The third-order valence-electron chi connectivity index (χ3n) is 7.74. The Morgan fingerprint density at radius 3 is 2.83 bits per heavy atom. The third-order valence-corrected chi connectivity index (χ3v) is 8.89. The number of anilines is 1. The number of para-hydroxylation sites is 1. The van der Waals surface area contributed by atoms with Crippen molar-refractivity contribution in [2.24, 2.45) is 11.8 Å². The van der Waals surface area contributed by atoms with Crippen molar-refractivity contribution < 1.29 is 4.79 Å². The van der Waals surface area contributed by atoms with Gasteiger partial charge in [-0.25, -0.2) is 4.98 Å². The normalized spacial score (nSPS) is 24.1. The van der Waals surface area contributed by atoms with Crippen molar-refractivity contribution in [3.8, 4) is 0 Å². The van der Waals surface area contributed by atoms with Gasteiger partial charge in [-0.15, -0.1) is 11.3 Å². The van der Waals surface area contributed by atoms with E-state index >= 15 is 0 Å². The second-order valence-electron chi connectivity index (χ2n) is 9.91. The van der Waals surface area contributed by atoms with Crippen LogP contribution in [0.4, 0.5) is 5.95 Å². The number of hydrogen-bond donors (Lipinski definition) is 3. The smallest absolute Gasteiger partial charge is 0.258 e. The van der Waals surface area contributed by atoms with E-state index in [0.717, 1.165) is 55.8 Å². The predicted molar refractivity (Wildman–Crippen MR) is 138 cm³/mol. The van der Waals surface area contributed by atoms with Gasteiger partial charge in [0.1, 0.15) is 10.4 Å². The summed E-state index contributed by atoms with van der Waals surface area (Å²) in [4.78, 5) is 39.4. The minimum atomic E-state index is -0.335. The number of carbonyl (C=O) groups excluding carboxylic acids is 1. The summed E-state index contributed by atoms with van der Waals surface area (Å²) in [6, 6.07) is 8.23. The van der Waals surface area contributed by atoms with E-state index in [1.54, 1.807) is 6.20 Å². The van der Waals surface area contributed by atoms with Gasteiger partial charge in [0.25, 0.3) is 5.91 Å². The van der Waals surface area contributed by atoms with Crippen LogP contribution < -0.4 is 26.3 Å². The van der Waals surface area contributed by atoms with Crippen LogP contribution in [0.2, 0.25) is 0 Å². The molecule has 3 atom stereocenters. The maximum absolute atomic E-state index is 13.7. The molecule has 3 fully saturated rings. The number of fused-ring (bicyclic) bond motifs is 6. The van der Waals surface area contributed by atoms with Crippen LogP contribution in [0, 0.1) is 11.8 Å². The second kappa shape index (κ2) is 8.25. The first-order valence-electron chi connectivity index (χ1n) is 12.4. The van der Waals surface area contributed by atoms with E-state index in [-0.39, 0.29) is 22.9 Å². The van der Waals surface area contributed by atoms with E-state index in [0.29, 0.717) is 40.2 Å². The summed E-state index contributed by atoms with van der Waals surface area (Å²) in [7, 11) is 0. The minimum absolute atomic E-state index is 0.176. The standard InChI is InChI=1S/C25H27N7O2S/c33-21-17-11-29-25(31-12-14-8-26-9-15(14)13-31)30-22(17)32-18-5-1-2-6-19(18)35-24(32)20(21)23(34)28-10-16-4-3-7-27-16/h1-2,5-6,11,14-16,26-27H,3-4,7-10,12-13H2,(H,28,34). The largest absolute Gasteiger partial charge is 0.350 e. The summed E-state index contributed by atoms with van der Waals surface area (Å²) < 4.78 is 2.98. The first-order valence-corrected chi connectivity index (χ1v) is 13.2. The average molecular weight is 490 g/mol. The highest BCUT2D eigenvalue weighted by Gasteiger charge is 2.37. The number of nitrogens with one attached hydrogen (secondary N) is 3. The zero-order valence-electron chi connectivity index (χ0n) is 19.3. The highest BCUT2D eigenvalue weighted by atomic mass is 32.1. The van der Waals surface area contributed by atoms with Crippen molar-refractivity contribution in [1.29, 1.82) is 0 Å². The van der Waals surface area contributed by atoms with E-state index in [4.69, 9.17) is 4.98 Å². The van der Waals surface area contributed by atoms with Crippen LogP contribution >= 0.6 is 11.3 Å². The number of hydrogen-bond acceptors (Lipinski definition) is 8. The molecular formula is C25H27N7O2S. The summed E-state index contributed by atoms with van der Waals surface area (Å²) in [5, 5.41) is 10.2. The zero-order valence-corrected chi connectivity index (χ0v) is 20.1. The highest BCUT2D eigenvalue weighted by molar-refractivity contribution is 7.24. The Hall–Kier alpha value is -3.08. The van der Waals surface area contributed by atoms with Gasteiger partial charge in [0, 0.05) is 45.0 Å². The summed E-state index contributed by atoms with van der Waals surface area (Å²) in [6.07, 6.45) is 3.75. The zero-order chi connectivity index (χ0) is 23.5. The second-order valence-corrected chi connectivity index (χ2v) is 10.9. The molecule has 0 aliphatic carbocycles. The first kappa shape index (κ1) is 21.2. The Balaban J connectivity index is 1.37. The molecule has 0 saturated carbocycles. The van der Waals surface area contributed by atoms with Gasteiger partial charge in [-0.3, -0.25) is 14.0 Å². The lowest BCUT2D eigenvalue weighted by atomic mass is 10.0. The molecule has 35 heavy (non-hydrogen) atoms. The number of nitrogens with zero attached hydrogens (tertiary/aromatic N) is 4. The molecule has 10 heteroatoms. The monoisotopic (exact) mass is 489 g/mol. The van der Waals surface area contributed by atoms with Crippen LogP contribution in [0.5, 0.6) is 0 Å². The number of benzene rings is 1. The third kappa shape index (κ3) is 3.42. The Labute approximate surface area is 205 Å². The number of rotatable bonds is 4. The number of pyridine rings is 1. The summed E-state index contributed by atoms with van der Waals surface area (Å²) >= 11 is 1.46. The van der Waals surface area contributed by atoms with E-state index in [1.807, 2.05) is 28.7 Å². The molecule has 0 spiro atoms. The minimum Gasteiger partial charge on any atom is -0.350 e. The maximum atomic E-state index is 13.7. The van der Waals surface area contributed by atoms with Crippen LogP contribution in [-0.4, -0.2) is 65.6 Å². The van der Waals surface area contributed by atoms with E-state index in [1.165, 1.54) is 11.3 Å². The molecule has 3 N–H and O–H groups in total. The summed E-state index contributed by atoms with van der Waals surface area (Å²) in [5.74, 6) is 1.54. The van der Waals surface area contributed by atoms with Gasteiger partial charge in [0.05, 0.1) is 15.6 Å². The molecule has 3 aliphatic heterocycles. The number of amides is 1. The van der Waals surface area contributed by atoms with Gasteiger partial charge < -0.3 is 20.9 Å². The fourth-order valence-electron chi connectivity index (χ4n) is 5.89. The lowest BCUT2D eigenvalue weighted by Gasteiger charge is -2.18. The molecule has 3 aromatic heterocycles. The molecule has 3 aliphatic rings. The summed E-state index contributed by atoms with van der Waals surface area (Å²) in [5.41, 5.74) is 1.38. The van der Waals surface area contributed by atoms with E-state index in [2.05, 4.69) is 25.8 Å². The first-order chi connectivity index (χ1) is 17.2. The van der Waals surface area contributed by atoms with Gasteiger partial charge in [0.15, 0.2) is 5.65 Å². The number of aromatic nitrogens is 3. The molecular weight excluding hydrogens is 462 g/mol. The summed E-state index contributed by atoms with van der Waals surface area (Å²) in [6.45, 7) is 5.37. The van der Waals surface area contributed by atoms with Gasteiger partial charge in [-0.2, -0.15) is 4.98 Å².